The molecule has 0 fully saturated rings. The summed E-state index contributed by atoms with van der Waals surface area (Å²) in [7, 11) is 0. The molecule has 1 atom stereocenters. The minimum absolute atomic E-state index is 0.197. The highest BCUT2D eigenvalue weighted by Gasteiger charge is 2.14. The van der Waals surface area contributed by atoms with Gasteiger partial charge in [-0.1, -0.05) is 6.07 Å². The van der Waals surface area contributed by atoms with E-state index < -0.39 is 6.10 Å². The summed E-state index contributed by atoms with van der Waals surface area (Å²) in [5, 5.41) is 17.6. The first-order valence-corrected chi connectivity index (χ1v) is 8.07. The van der Waals surface area contributed by atoms with Crippen molar-refractivity contribution in [3.8, 4) is 0 Å². The van der Waals surface area contributed by atoms with E-state index in [-0.39, 0.29) is 12.5 Å². The third kappa shape index (κ3) is 2.91. The molecule has 0 spiro atoms. The number of aliphatic hydroxyl groups excluding tert-OH is 1. The fourth-order valence-corrected chi connectivity index (χ4v) is 3.30. The number of aromatic amines is 1. The van der Waals surface area contributed by atoms with Gasteiger partial charge in [0.05, 0.1) is 6.10 Å². The molecule has 5 heteroatoms. The molecule has 3 rings (SSSR count). The van der Waals surface area contributed by atoms with Crippen molar-refractivity contribution in [3.05, 3.63) is 57.4 Å². The highest BCUT2D eigenvalue weighted by Crippen LogP contribution is 2.21. The molecule has 114 valence electrons. The van der Waals surface area contributed by atoms with Gasteiger partial charge in [0.25, 0.3) is 5.91 Å². The molecule has 2 heterocycles. The monoisotopic (exact) mass is 314 g/mol. The lowest BCUT2D eigenvalue weighted by atomic mass is 10.1. The van der Waals surface area contributed by atoms with Crippen LogP contribution in [0.15, 0.2) is 35.0 Å². The molecule has 2 aromatic heterocycles. The van der Waals surface area contributed by atoms with Crippen LogP contribution in [0.5, 0.6) is 0 Å². The Morgan fingerprint density at radius 1 is 1.36 bits per heavy atom. The van der Waals surface area contributed by atoms with Crippen molar-refractivity contribution in [1.82, 2.24) is 10.3 Å². The Hall–Kier alpha value is -2.11. The van der Waals surface area contributed by atoms with Gasteiger partial charge in [-0.2, -0.15) is 11.3 Å². The predicted octanol–water partition coefficient (Wildman–Crippen LogP) is 3.31. The number of fused-ring (bicyclic) bond motifs is 1. The maximum atomic E-state index is 12.2. The lowest BCUT2D eigenvalue weighted by Gasteiger charge is -2.09. The zero-order valence-corrected chi connectivity index (χ0v) is 13.3. The molecule has 0 aliphatic heterocycles. The van der Waals surface area contributed by atoms with E-state index in [1.807, 2.05) is 42.8 Å². The fraction of sp³-hybridized carbons (Fsp3) is 0.235. The fourth-order valence-electron chi connectivity index (χ4n) is 2.59. The maximum Gasteiger partial charge on any atom is 0.267 e. The van der Waals surface area contributed by atoms with Gasteiger partial charge in [0.2, 0.25) is 0 Å². The minimum Gasteiger partial charge on any atom is -0.387 e. The number of benzene rings is 1. The largest absolute Gasteiger partial charge is 0.387 e. The summed E-state index contributed by atoms with van der Waals surface area (Å²) in [6, 6.07) is 7.84. The van der Waals surface area contributed by atoms with Crippen LogP contribution in [0.1, 0.15) is 33.3 Å². The van der Waals surface area contributed by atoms with Gasteiger partial charge in [0, 0.05) is 17.4 Å². The van der Waals surface area contributed by atoms with Gasteiger partial charge in [0.15, 0.2) is 0 Å². The molecule has 22 heavy (non-hydrogen) atoms. The van der Waals surface area contributed by atoms with Crippen molar-refractivity contribution >= 4 is 28.1 Å². The van der Waals surface area contributed by atoms with Crippen LogP contribution in [-0.4, -0.2) is 22.5 Å². The Morgan fingerprint density at radius 3 is 2.91 bits per heavy atom. The van der Waals surface area contributed by atoms with E-state index in [9.17, 15) is 9.90 Å². The highest BCUT2D eigenvalue weighted by atomic mass is 32.1. The molecule has 1 amide bonds. The van der Waals surface area contributed by atoms with Crippen LogP contribution < -0.4 is 5.32 Å². The first-order chi connectivity index (χ1) is 10.5. The minimum atomic E-state index is -0.677. The highest BCUT2D eigenvalue weighted by molar-refractivity contribution is 7.07. The second-order valence-corrected chi connectivity index (χ2v) is 6.29. The summed E-state index contributed by atoms with van der Waals surface area (Å²) in [6.45, 7) is 4.26. The Morgan fingerprint density at radius 2 is 2.18 bits per heavy atom. The number of hydrogen-bond donors (Lipinski definition) is 3. The molecular weight excluding hydrogens is 296 g/mol. The number of aromatic nitrogens is 1. The van der Waals surface area contributed by atoms with Crippen LogP contribution >= 0.6 is 11.3 Å². The van der Waals surface area contributed by atoms with E-state index in [4.69, 9.17) is 0 Å². The Bertz CT molecular complexity index is 806. The lowest BCUT2D eigenvalue weighted by molar-refractivity contribution is 0.0912. The molecule has 0 saturated carbocycles. The third-order valence-corrected chi connectivity index (χ3v) is 4.42. The number of nitrogens with one attached hydrogen (secondary N) is 2. The molecule has 3 N–H and O–H groups in total. The van der Waals surface area contributed by atoms with Gasteiger partial charge in [-0.3, -0.25) is 4.79 Å². The molecule has 0 bridgehead atoms. The topological polar surface area (TPSA) is 65.1 Å². The van der Waals surface area contributed by atoms with Gasteiger partial charge in [-0.15, -0.1) is 0 Å². The molecule has 0 aliphatic carbocycles. The van der Waals surface area contributed by atoms with Crippen molar-refractivity contribution in [2.24, 2.45) is 0 Å². The second kappa shape index (κ2) is 5.94. The lowest BCUT2D eigenvalue weighted by Crippen LogP contribution is -2.28. The zero-order valence-electron chi connectivity index (χ0n) is 12.5. The Labute approximate surface area is 132 Å². The van der Waals surface area contributed by atoms with Crippen LogP contribution in [0, 0.1) is 13.8 Å². The number of H-pyrrole nitrogens is 1. The summed E-state index contributed by atoms with van der Waals surface area (Å²) in [6.07, 6.45) is -0.677. The van der Waals surface area contributed by atoms with Gasteiger partial charge in [0.1, 0.15) is 5.69 Å². The zero-order chi connectivity index (χ0) is 15.7. The van der Waals surface area contributed by atoms with Crippen LogP contribution in [0.3, 0.4) is 0 Å². The van der Waals surface area contributed by atoms with Crippen molar-refractivity contribution in [2.75, 3.05) is 6.54 Å². The Kier molecular flexibility index (Phi) is 4.00. The summed E-state index contributed by atoms with van der Waals surface area (Å²) in [5.74, 6) is -0.206. The van der Waals surface area contributed by atoms with Gasteiger partial charge in [-0.05, 0) is 59.5 Å². The van der Waals surface area contributed by atoms with E-state index >= 15 is 0 Å². The molecule has 3 aromatic rings. The smallest absolute Gasteiger partial charge is 0.267 e. The number of hydrogen-bond acceptors (Lipinski definition) is 3. The molecular formula is C17H18N2O2S. The number of carbonyl (C=O) groups excluding carboxylic acids is 1. The van der Waals surface area contributed by atoms with Crippen molar-refractivity contribution in [1.29, 1.82) is 0 Å². The predicted molar refractivity (Wildman–Crippen MR) is 89.4 cm³/mol. The van der Waals surface area contributed by atoms with Crippen LogP contribution in [0.25, 0.3) is 10.9 Å². The summed E-state index contributed by atoms with van der Waals surface area (Å²) in [5.41, 5.74) is 4.60. The maximum absolute atomic E-state index is 12.2. The quantitative estimate of drug-likeness (QED) is 0.692. The van der Waals surface area contributed by atoms with E-state index in [0.717, 1.165) is 27.6 Å². The van der Waals surface area contributed by atoms with Gasteiger partial charge in [-0.25, -0.2) is 0 Å². The molecule has 4 nitrogen and oxygen atoms in total. The number of aryl methyl sites for hydroxylation is 2. The van der Waals surface area contributed by atoms with Crippen molar-refractivity contribution in [3.63, 3.8) is 0 Å². The number of rotatable bonds is 4. The van der Waals surface area contributed by atoms with E-state index in [1.165, 1.54) is 11.3 Å². The van der Waals surface area contributed by atoms with E-state index in [0.29, 0.717) is 5.69 Å². The van der Waals surface area contributed by atoms with Crippen molar-refractivity contribution < 1.29 is 9.90 Å². The molecule has 0 saturated heterocycles. The average molecular weight is 314 g/mol. The third-order valence-electron chi connectivity index (χ3n) is 3.72. The normalized spacial score (nSPS) is 12.5. The summed E-state index contributed by atoms with van der Waals surface area (Å²) >= 11 is 1.53. The average Bonchev–Trinajstić information content (AvgIpc) is 3.13. The summed E-state index contributed by atoms with van der Waals surface area (Å²) in [4.78, 5) is 15.4. The first kappa shape index (κ1) is 14.8. The number of thiophene rings is 1. The van der Waals surface area contributed by atoms with Crippen molar-refractivity contribution in [2.45, 2.75) is 20.0 Å². The first-order valence-electron chi connectivity index (χ1n) is 7.13. The second-order valence-electron chi connectivity index (χ2n) is 5.51. The number of amides is 1. The number of carbonyl (C=O) groups is 1. The number of aliphatic hydroxyl groups is 1. The van der Waals surface area contributed by atoms with Crippen LogP contribution in [0.2, 0.25) is 0 Å². The van der Waals surface area contributed by atoms with Gasteiger partial charge < -0.3 is 15.4 Å². The van der Waals surface area contributed by atoms with Crippen LogP contribution in [0.4, 0.5) is 0 Å². The SMILES string of the molecule is Cc1cc(C)c2cc(C(=O)NCC(O)c3ccsc3)[nH]c2c1. The van der Waals surface area contributed by atoms with E-state index in [2.05, 4.69) is 16.4 Å². The summed E-state index contributed by atoms with van der Waals surface area (Å²) < 4.78 is 0. The van der Waals surface area contributed by atoms with E-state index in [1.54, 1.807) is 0 Å². The molecule has 1 unspecified atom stereocenters. The molecule has 1 aromatic carbocycles. The van der Waals surface area contributed by atoms with Gasteiger partial charge >= 0.3 is 0 Å². The Balaban J connectivity index is 1.74. The molecule has 0 radical (unpaired) electrons. The standard InChI is InChI=1S/C17H18N2O2S/c1-10-5-11(2)13-7-15(19-14(13)6-10)17(21)18-8-16(20)12-3-4-22-9-12/h3-7,9,16,19-20H,8H2,1-2H3,(H,18,21). The molecule has 0 aliphatic rings. The van der Waals surface area contributed by atoms with Crippen LogP contribution in [-0.2, 0) is 0 Å².